The first-order valence-corrected chi connectivity index (χ1v) is 8.03. The molecule has 2 saturated carbocycles. The molecule has 3 rings (SSSR count). The van der Waals surface area contributed by atoms with Crippen molar-refractivity contribution in [3.8, 4) is 0 Å². The number of nitrogens with one attached hydrogen (secondary N) is 1. The smallest absolute Gasteiger partial charge is 0.311 e. The van der Waals surface area contributed by atoms with Crippen LogP contribution in [0.2, 0.25) is 0 Å². The van der Waals surface area contributed by atoms with Crippen molar-refractivity contribution in [3.05, 3.63) is 12.7 Å². The fraction of sp³-hybridized carbons (Fsp3) is 0.867. The molecule has 0 radical (unpaired) electrons. The molecular formula is C15H23F3N4. The van der Waals surface area contributed by atoms with Gasteiger partial charge in [-0.15, -0.1) is 0 Å². The van der Waals surface area contributed by atoms with Crippen LogP contribution in [0.1, 0.15) is 51.5 Å². The normalized spacial score (nSPS) is 33.6. The molecule has 0 spiro atoms. The maximum absolute atomic E-state index is 13.2. The molecule has 0 saturated heterocycles. The molecule has 1 N–H and O–H groups in total. The lowest BCUT2D eigenvalue weighted by Gasteiger charge is -2.35. The predicted molar refractivity (Wildman–Crippen MR) is 76.2 cm³/mol. The molecule has 22 heavy (non-hydrogen) atoms. The maximum atomic E-state index is 13.2. The molecule has 2 fully saturated rings. The van der Waals surface area contributed by atoms with Gasteiger partial charge in [0.25, 0.3) is 0 Å². The van der Waals surface area contributed by atoms with E-state index in [1.54, 1.807) is 0 Å². The van der Waals surface area contributed by atoms with Crippen LogP contribution < -0.4 is 5.32 Å². The molecule has 2 unspecified atom stereocenters. The summed E-state index contributed by atoms with van der Waals surface area (Å²) in [6.45, 7) is 2.16. The molecule has 0 aliphatic heterocycles. The quantitative estimate of drug-likeness (QED) is 0.926. The molecule has 1 aromatic rings. The second kappa shape index (κ2) is 5.83. The second-order valence-corrected chi connectivity index (χ2v) is 7.07. The topological polar surface area (TPSA) is 42.7 Å². The van der Waals surface area contributed by atoms with Gasteiger partial charge in [-0.3, -0.25) is 0 Å². The van der Waals surface area contributed by atoms with E-state index in [1.165, 1.54) is 25.7 Å². The highest BCUT2D eigenvalue weighted by Gasteiger charge is 2.46. The van der Waals surface area contributed by atoms with E-state index in [0.29, 0.717) is 11.3 Å². The van der Waals surface area contributed by atoms with Crippen molar-refractivity contribution < 1.29 is 13.2 Å². The van der Waals surface area contributed by atoms with Gasteiger partial charge in [0.05, 0.1) is 0 Å². The Bertz CT molecular complexity index is 487. The van der Waals surface area contributed by atoms with E-state index in [4.69, 9.17) is 0 Å². The molecule has 1 heterocycles. The summed E-state index contributed by atoms with van der Waals surface area (Å²) in [6.07, 6.45) is 4.89. The third-order valence-corrected chi connectivity index (χ3v) is 5.55. The number of fused-ring (bicyclic) bond motifs is 1. The van der Waals surface area contributed by atoms with Gasteiger partial charge >= 0.3 is 6.18 Å². The van der Waals surface area contributed by atoms with Crippen LogP contribution in [0.5, 0.6) is 0 Å². The fourth-order valence-corrected chi connectivity index (χ4v) is 4.30. The van der Waals surface area contributed by atoms with Gasteiger partial charge in [-0.05, 0) is 37.0 Å². The Labute approximate surface area is 128 Å². The molecule has 124 valence electrons. The van der Waals surface area contributed by atoms with Crippen LogP contribution in [0.25, 0.3) is 0 Å². The number of nitrogens with zero attached hydrogens (tertiary/aromatic N) is 3. The van der Waals surface area contributed by atoms with Crippen LogP contribution in [-0.2, 0) is 0 Å². The molecule has 2 aliphatic carbocycles. The molecule has 1 aromatic heterocycles. The van der Waals surface area contributed by atoms with Gasteiger partial charge in [0.1, 0.15) is 12.7 Å². The summed E-state index contributed by atoms with van der Waals surface area (Å²) < 4.78 is 40.5. The summed E-state index contributed by atoms with van der Waals surface area (Å²) in [4.78, 5) is 3.63. The van der Waals surface area contributed by atoms with Gasteiger partial charge in [0, 0.05) is 12.6 Å². The minimum Gasteiger partial charge on any atom is -0.311 e. The summed E-state index contributed by atoms with van der Waals surface area (Å²) in [5, 5.41) is 6.81. The number of hydrogen-bond acceptors (Lipinski definition) is 3. The minimum absolute atomic E-state index is 0.139. The first-order chi connectivity index (χ1) is 10.4. The molecule has 7 heteroatoms. The van der Waals surface area contributed by atoms with Gasteiger partial charge in [-0.25, -0.2) is 9.67 Å². The Morgan fingerprint density at radius 2 is 2.23 bits per heavy atom. The lowest BCUT2D eigenvalue weighted by molar-refractivity contribution is -0.169. The molecule has 0 amide bonds. The summed E-state index contributed by atoms with van der Waals surface area (Å²) in [6, 6.07) is -1.47. The molecule has 4 atom stereocenters. The van der Waals surface area contributed by atoms with Crippen LogP contribution in [0.3, 0.4) is 0 Å². The van der Waals surface area contributed by atoms with Gasteiger partial charge in [0.2, 0.25) is 0 Å². The molecular weight excluding hydrogens is 293 g/mol. The van der Waals surface area contributed by atoms with Crippen LogP contribution in [0.4, 0.5) is 13.2 Å². The maximum Gasteiger partial charge on any atom is 0.412 e. The Hall–Kier alpha value is -1.11. The van der Waals surface area contributed by atoms with Crippen molar-refractivity contribution in [1.82, 2.24) is 20.1 Å². The summed E-state index contributed by atoms with van der Waals surface area (Å²) >= 11 is 0. The van der Waals surface area contributed by atoms with Crippen molar-refractivity contribution in [2.45, 2.75) is 63.7 Å². The number of rotatable bonds is 4. The zero-order chi connectivity index (χ0) is 15.8. The zero-order valence-corrected chi connectivity index (χ0v) is 12.8. The average Bonchev–Trinajstić information content (AvgIpc) is 3.04. The van der Waals surface area contributed by atoms with Crippen LogP contribution >= 0.6 is 0 Å². The molecule has 0 aromatic carbocycles. The average molecular weight is 316 g/mol. The zero-order valence-electron chi connectivity index (χ0n) is 12.8. The van der Waals surface area contributed by atoms with Crippen LogP contribution in [-0.4, -0.2) is 33.5 Å². The first kappa shape index (κ1) is 15.8. The third kappa shape index (κ3) is 3.14. The van der Waals surface area contributed by atoms with E-state index in [9.17, 15) is 13.2 Å². The van der Waals surface area contributed by atoms with Crippen molar-refractivity contribution in [2.24, 2.45) is 11.3 Å². The molecule has 2 aliphatic rings. The van der Waals surface area contributed by atoms with Gasteiger partial charge < -0.3 is 5.32 Å². The van der Waals surface area contributed by atoms with Crippen molar-refractivity contribution >= 4 is 0 Å². The molecule has 0 bridgehead atoms. The van der Waals surface area contributed by atoms with Crippen LogP contribution in [0, 0.1) is 11.3 Å². The SMILES string of the molecule is C[C@@]12CCCC[C@@H]1CC(NCC(n1cncn1)C(F)(F)F)C2. The monoisotopic (exact) mass is 316 g/mol. The van der Waals surface area contributed by atoms with Gasteiger partial charge in [-0.2, -0.15) is 18.3 Å². The fourth-order valence-electron chi connectivity index (χ4n) is 4.30. The predicted octanol–water partition coefficient (Wildman–Crippen LogP) is 3.33. The highest BCUT2D eigenvalue weighted by atomic mass is 19.4. The Kier molecular flexibility index (Phi) is 4.18. The Morgan fingerprint density at radius 1 is 1.41 bits per heavy atom. The Balaban J connectivity index is 1.61. The number of hydrogen-bond donors (Lipinski definition) is 1. The number of alkyl halides is 3. The largest absolute Gasteiger partial charge is 0.412 e. The van der Waals surface area contributed by atoms with E-state index in [2.05, 4.69) is 22.3 Å². The standard InChI is InChI=1S/C15H23F3N4/c1-14-5-3-2-4-11(14)6-12(7-14)20-8-13(15(16,17)18)22-10-19-9-21-22/h9-13,20H,2-8H2,1H3/t11-,12?,13?,14+/m1/s1. The summed E-state index contributed by atoms with van der Waals surface area (Å²) in [7, 11) is 0. The molecule has 4 nitrogen and oxygen atoms in total. The van der Waals surface area contributed by atoms with Gasteiger partial charge in [0.15, 0.2) is 6.04 Å². The number of halogens is 3. The van der Waals surface area contributed by atoms with Crippen molar-refractivity contribution in [3.63, 3.8) is 0 Å². The highest BCUT2D eigenvalue weighted by Crippen LogP contribution is 2.52. The van der Waals surface area contributed by atoms with E-state index < -0.39 is 12.2 Å². The summed E-state index contributed by atoms with van der Waals surface area (Å²) in [5.41, 5.74) is 0.316. The second-order valence-electron chi connectivity index (χ2n) is 7.07. The first-order valence-electron chi connectivity index (χ1n) is 8.03. The van der Waals surface area contributed by atoms with Crippen molar-refractivity contribution in [2.75, 3.05) is 6.54 Å². The lowest BCUT2D eigenvalue weighted by Crippen LogP contribution is -2.40. The van der Waals surface area contributed by atoms with Gasteiger partial charge in [-0.1, -0.05) is 19.8 Å². The summed E-state index contributed by atoms with van der Waals surface area (Å²) in [5.74, 6) is 0.662. The lowest BCUT2D eigenvalue weighted by atomic mass is 9.70. The van der Waals surface area contributed by atoms with E-state index in [1.807, 2.05) is 0 Å². The Morgan fingerprint density at radius 3 is 2.86 bits per heavy atom. The highest BCUT2D eigenvalue weighted by molar-refractivity contribution is 4.98. The van der Waals surface area contributed by atoms with E-state index >= 15 is 0 Å². The van der Waals surface area contributed by atoms with E-state index in [-0.39, 0.29) is 12.6 Å². The number of aromatic nitrogens is 3. The third-order valence-electron chi connectivity index (χ3n) is 5.55. The minimum atomic E-state index is -4.32. The van der Waals surface area contributed by atoms with Crippen LogP contribution in [0.15, 0.2) is 12.7 Å². The van der Waals surface area contributed by atoms with Crippen molar-refractivity contribution in [1.29, 1.82) is 0 Å². The van der Waals surface area contributed by atoms with E-state index in [0.717, 1.165) is 30.2 Å².